The van der Waals surface area contributed by atoms with Crippen LogP contribution >= 0.6 is 0 Å². The molecule has 4 rings (SSSR count). The first kappa shape index (κ1) is 24.9. The zero-order valence-corrected chi connectivity index (χ0v) is 19.5. The van der Waals surface area contributed by atoms with Crippen LogP contribution in [-0.4, -0.2) is 11.7 Å². The standard InChI is InChI=1S/C30H25F3O3/c1-2-3-4-17-35-24-13-16-28(27(31)18-24)36-19-20-5-7-21(8-6-20)25-14-15-26(30(33)29(25)32)22-9-11-23(34)12-10-22/h2,5-16,18,34H,1,3-4,17,19H2. The van der Waals surface area contributed by atoms with E-state index in [1.165, 1.54) is 48.5 Å². The smallest absolute Gasteiger partial charge is 0.168 e. The van der Waals surface area contributed by atoms with Crippen LogP contribution in [0, 0.1) is 17.5 Å². The van der Waals surface area contributed by atoms with Gasteiger partial charge < -0.3 is 14.6 Å². The third kappa shape index (κ3) is 5.89. The Balaban J connectivity index is 1.41. The molecule has 0 spiro atoms. The molecule has 4 aromatic rings. The molecular weight excluding hydrogens is 465 g/mol. The van der Waals surface area contributed by atoms with Gasteiger partial charge in [-0.25, -0.2) is 13.2 Å². The number of hydrogen-bond donors (Lipinski definition) is 1. The van der Waals surface area contributed by atoms with Gasteiger partial charge in [-0.05, 0) is 53.8 Å². The second-order valence-corrected chi connectivity index (χ2v) is 8.19. The number of phenols is 1. The number of benzene rings is 4. The topological polar surface area (TPSA) is 38.7 Å². The number of rotatable bonds is 10. The number of ether oxygens (including phenoxy) is 2. The highest BCUT2D eigenvalue weighted by atomic mass is 19.2. The number of halogens is 3. The largest absolute Gasteiger partial charge is 0.508 e. The first-order valence-electron chi connectivity index (χ1n) is 11.5. The summed E-state index contributed by atoms with van der Waals surface area (Å²) in [5, 5.41) is 9.41. The number of hydrogen-bond acceptors (Lipinski definition) is 3. The summed E-state index contributed by atoms with van der Waals surface area (Å²) in [5.41, 5.74) is 1.93. The maximum atomic E-state index is 14.9. The van der Waals surface area contributed by atoms with E-state index in [0.29, 0.717) is 23.5 Å². The molecule has 0 fully saturated rings. The molecule has 0 heterocycles. The lowest BCUT2D eigenvalue weighted by molar-refractivity contribution is 0.284. The lowest BCUT2D eigenvalue weighted by Crippen LogP contribution is -2.00. The highest BCUT2D eigenvalue weighted by molar-refractivity contribution is 5.72. The van der Waals surface area contributed by atoms with E-state index in [9.17, 15) is 18.3 Å². The van der Waals surface area contributed by atoms with Gasteiger partial charge in [0.25, 0.3) is 0 Å². The predicted octanol–water partition coefficient (Wildman–Crippen LogP) is 8.07. The third-order valence-electron chi connectivity index (χ3n) is 5.64. The van der Waals surface area contributed by atoms with Gasteiger partial charge in [-0.3, -0.25) is 0 Å². The zero-order chi connectivity index (χ0) is 25.5. The van der Waals surface area contributed by atoms with Crippen LogP contribution in [0.5, 0.6) is 17.2 Å². The van der Waals surface area contributed by atoms with Crippen LogP contribution in [0.2, 0.25) is 0 Å². The van der Waals surface area contributed by atoms with Crippen molar-refractivity contribution in [2.24, 2.45) is 0 Å². The van der Waals surface area contributed by atoms with Gasteiger partial charge in [0, 0.05) is 17.2 Å². The molecule has 0 aliphatic carbocycles. The minimum atomic E-state index is -0.964. The molecule has 0 aliphatic heterocycles. The predicted molar refractivity (Wildman–Crippen MR) is 135 cm³/mol. The van der Waals surface area contributed by atoms with E-state index in [4.69, 9.17) is 9.47 Å². The molecule has 0 aliphatic rings. The van der Waals surface area contributed by atoms with Gasteiger partial charge in [0.15, 0.2) is 23.2 Å². The molecule has 3 nitrogen and oxygen atoms in total. The van der Waals surface area contributed by atoms with E-state index in [1.54, 1.807) is 36.4 Å². The van der Waals surface area contributed by atoms with Crippen molar-refractivity contribution in [1.82, 2.24) is 0 Å². The van der Waals surface area contributed by atoms with E-state index in [-0.39, 0.29) is 29.2 Å². The summed E-state index contributed by atoms with van der Waals surface area (Å²) in [6.07, 6.45) is 3.44. The highest BCUT2D eigenvalue weighted by Crippen LogP contribution is 2.32. The number of phenolic OH excluding ortho intramolecular Hbond substituents is 1. The third-order valence-corrected chi connectivity index (χ3v) is 5.64. The molecule has 0 unspecified atom stereocenters. The lowest BCUT2D eigenvalue weighted by Gasteiger charge is -2.11. The van der Waals surface area contributed by atoms with Gasteiger partial charge in [-0.1, -0.05) is 54.6 Å². The van der Waals surface area contributed by atoms with Crippen molar-refractivity contribution in [2.45, 2.75) is 19.4 Å². The SMILES string of the molecule is C=CCCCOc1ccc(OCc2ccc(-c3ccc(-c4ccc(O)cc4)c(F)c3F)cc2)c(F)c1. The van der Waals surface area contributed by atoms with Gasteiger partial charge >= 0.3 is 0 Å². The van der Waals surface area contributed by atoms with Gasteiger partial charge in [-0.15, -0.1) is 6.58 Å². The summed E-state index contributed by atoms with van der Waals surface area (Å²) in [6, 6.07) is 20.1. The molecule has 184 valence electrons. The van der Waals surface area contributed by atoms with E-state index in [0.717, 1.165) is 18.4 Å². The summed E-state index contributed by atoms with van der Waals surface area (Å²) in [4.78, 5) is 0. The molecule has 4 aromatic carbocycles. The summed E-state index contributed by atoms with van der Waals surface area (Å²) < 4.78 is 55.1. The summed E-state index contributed by atoms with van der Waals surface area (Å²) in [5.74, 6) is -1.88. The minimum Gasteiger partial charge on any atom is -0.508 e. The van der Waals surface area contributed by atoms with Gasteiger partial charge in [-0.2, -0.15) is 0 Å². The maximum absolute atomic E-state index is 14.9. The van der Waals surface area contributed by atoms with Crippen LogP contribution < -0.4 is 9.47 Å². The van der Waals surface area contributed by atoms with Gasteiger partial charge in [0.2, 0.25) is 0 Å². The fourth-order valence-corrected chi connectivity index (χ4v) is 3.68. The molecule has 0 amide bonds. The van der Waals surface area contributed by atoms with Crippen LogP contribution in [0.3, 0.4) is 0 Å². The Morgan fingerprint density at radius 3 is 1.94 bits per heavy atom. The lowest BCUT2D eigenvalue weighted by atomic mass is 9.98. The van der Waals surface area contributed by atoms with Gasteiger partial charge in [0.05, 0.1) is 6.61 Å². The molecule has 36 heavy (non-hydrogen) atoms. The molecule has 0 radical (unpaired) electrons. The highest BCUT2D eigenvalue weighted by Gasteiger charge is 2.16. The fraction of sp³-hybridized carbons (Fsp3) is 0.133. The summed E-state index contributed by atoms with van der Waals surface area (Å²) in [6.45, 7) is 4.23. The van der Waals surface area contributed by atoms with Crippen molar-refractivity contribution in [2.75, 3.05) is 6.61 Å². The second-order valence-electron chi connectivity index (χ2n) is 8.19. The Morgan fingerprint density at radius 1 is 0.750 bits per heavy atom. The van der Waals surface area contributed by atoms with Crippen LogP contribution in [0.25, 0.3) is 22.3 Å². The van der Waals surface area contributed by atoms with Crippen molar-refractivity contribution in [3.05, 3.63) is 115 Å². The van der Waals surface area contributed by atoms with Crippen molar-refractivity contribution in [1.29, 1.82) is 0 Å². The van der Waals surface area contributed by atoms with Crippen molar-refractivity contribution < 1.29 is 27.8 Å². The Hall–Kier alpha value is -4.19. The van der Waals surface area contributed by atoms with Crippen LogP contribution in [-0.2, 0) is 6.61 Å². The van der Waals surface area contributed by atoms with Crippen molar-refractivity contribution >= 4 is 0 Å². The van der Waals surface area contributed by atoms with Crippen LogP contribution in [0.15, 0.2) is 91.5 Å². The monoisotopic (exact) mass is 490 g/mol. The molecule has 1 N–H and O–H groups in total. The summed E-state index contributed by atoms with van der Waals surface area (Å²) in [7, 11) is 0. The first-order chi connectivity index (χ1) is 17.5. The molecule has 0 aromatic heterocycles. The van der Waals surface area contributed by atoms with E-state index in [2.05, 4.69) is 6.58 Å². The number of allylic oxidation sites excluding steroid dienone is 1. The van der Waals surface area contributed by atoms with Crippen molar-refractivity contribution in [3.8, 4) is 39.5 Å². The van der Waals surface area contributed by atoms with E-state index < -0.39 is 17.5 Å². The average molecular weight is 491 g/mol. The summed E-state index contributed by atoms with van der Waals surface area (Å²) >= 11 is 0. The maximum Gasteiger partial charge on any atom is 0.168 e. The molecule has 6 heteroatoms. The Kier molecular flexibility index (Phi) is 7.95. The minimum absolute atomic E-state index is 0.0454. The Morgan fingerprint density at radius 2 is 1.36 bits per heavy atom. The molecule has 0 saturated carbocycles. The number of aromatic hydroxyl groups is 1. The van der Waals surface area contributed by atoms with E-state index in [1.807, 2.05) is 0 Å². The molecule has 0 atom stereocenters. The first-order valence-corrected chi connectivity index (χ1v) is 11.5. The fourth-order valence-electron chi connectivity index (χ4n) is 3.68. The molecule has 0 bridgehead atoms. The molecular formula is C30H25F3O3. The second kappa shape index (κ2) is 11.5. The van der Waals surface area contributed by atoms with Crippen LogP contribution in [0.1, 0.15) is 18.4 Å². The zero-order valence-electron chi connectivity index (χ0n) is 19.5. The van der Waals surface area contributed by atoms with E-state index >= 15 is 0 Å². The van der Waals surface area contributed by atoms with Gasteiger partial charge in [0.1, 0.15) is 18.1 Å². The normalized spacial score (nSPS) is 10.8. The Labute approximate surface area is 208 Å². The molecule has 0 saturated heterocycles. The van der Waals surface area contributed by atoms with Crippen molar-refractivity contribution in [3.63, 3.8) is 0 Å². The quantitative estimate of drug-likeness (QED) is 0.180. The average Bonchev–Trinajstić information content (AvgIpc) is 2.89. The Bertz CT molecular complexity index is 1330. The van der Waals surface area contributed by atoms with Crippen LogP contribution in [0.4, 0.5) is 13.2 Å². The number of unbranched alkanes of at least 4 members (excludes halogenated alkanes) is 1.